The smallest absolute Gasteiger partial charge is 0.315 e. The van der Waals surface area contributed by atoms with Crippen molar-refractivity contribution in [3.63, 3.8) is 0 Å². The zero-order chi connectivity index (χ0) is 13.3. The number of urea groups is 1. The molecule has 0 saturated carbocycles. The van der Waals surface area contributed by atoms with E-state index in [1.54, 1.807) is 11.8 Å². The third-order valence-electron chi connectivity index (χ3n) is 2.23. The summed E-state index contributed by atoms with van der Waals surface area (Å²) in [5, 5.41) is 14.8. The molecular weight excluding hydrogens is 236 g/mol. The molecule has 0 aromatic rings. The van der Waals surface area contributed by atoms with E-state index >= 15 is 0 Å². The molecule has 0 aliphatic carbocycles. The van der Waals surface area contributed by atoms with Crippen molar-refractivity contribution < 1.29 is 9.90 Å². The minimum atomic E-state index is -0.186. The van der Waals surface area contributed by atoms with Gasteiger partial charge in [-0.3, -0.25) is 0 Å². The lowest BCUT2D eigenvalue weighted by molar-refractivity contribution is 0.191. The second-order valence-corrected chi connectivity index (χ2v) is 6.38. The van der Waals surface area contributed by atoms with Gasteiger partial charge in [0, 0.05) is 6.54 Å². The van der Waals surface area contributed by atoms with E-state index in [2.05, 4.69) is 31.4 Å². The maximum atomic E-state index is 11.5. The second-order valence-electron chi connectivity index (χ2n) is 5.39. The maximum absolute atomic E-state index is 11.5. The molecule has 1 unspecified atom stereocenters. The van der Waals surface area contributed by atoms with Crippen LogP contribution in [0.15, 0.2) is 0 Å². The summed E-state index contributed by atoms with van der Waals surface area (Å²) in [7, 11) is 0. The van der Waals surface area contributed by atoms with Crippen LogP contribution in [0.1, 0.15) is 33.6 Å². The van der Waals surface area contributed by atoms with Crippen LogP contribution in [0.25, 0.3) is 0 Å². The fraction of sp³-hybridized carbons (Fsp3) is 0.917. The molecule has 2 amide bonds. The third-order valence-corrected chi connectivity index (χ3v) is 2.92. The van der Waals surface area contributed by atoms with Gasteiger partial charge in [-0.1, -0.05) is 20.8 Å². The molecular formula is C12H26N2O2S. The molecule has 4 nitrogen and oxygen atoms in total. The molecule has 0 aromatic carbocycles. The lowest BCUT2D eigenvalue weighted by atomic mass is 9.88. The number of carbonyl (C=O) groups is 1. The third kappa shape index (κ3) is 10.5. The van der Waals surface area contributed by atoms with E-state index in [-0.39, 0.29) is 24.1 Å². The molecule has 0 bridgehead atoms. The van der Waals surface area contributed by atoms with Gasteiger partial charge in [0.2, 0.25) is 0 Å². The Bertz CT molecular complexity index is 217. The van der Waals surface area contributed by atoms with Crippen LogP contribution in [0.2, 0.25) is 0 Å². The largest absolute Gasteiger partial charge is 0.394 e. The number of rotatable bonds is 7. The summed E-state index contributed by atoms with van der Waals surface area (Å²) in [6.07, 6.45) is 3.78. The molecule has 0 spiro atoms. The van der Waals surface area contributed by atoms with Crippen LogP contribution in [0, 0.1) is 5.41 Å². The highest BCUT2D eigenvalue weighted by Gasteiger charge is 2.19. The Kier molecular flexibility index (Phi) is 8.43. The Hall–Kier alpha value is -0.420. The van der Waals surface area contributed by atoms with Crippen molar-refractivity contribution in [1.82, 2.24) is 10.6 Å². The van der Waals surface area contributed by atoms with Gasteiger partial charge in [-0.05, 0) is 30.3 Å². The van der Waals surface area contributed by atoms with Crippen molar-refractivity contribution in [3.8, 4) is 0 Å². The molecule has 0 saturated heterocycles. The van der Waals surface area contributed by atoms with E-state index in [4.69, 9.17) is 0 Å². The molecule has 1 atom stereocenters. The highest BCUT2D eigenvalue weighted by atomic mass is 32.2. The van der Waals surface area contributed by atoms with E-state index in [1.807, 2.05) is 6.26 Å². The number of carbonyl (C=O) groups excluding carboxylic acids is 1. The Morgan fingerprint density at radius 1 is 1.41 bits per heavy atom. The highest BCUT2D eigenvalue weighted by molar-refractivity contribution is 7.98. The van der Waals surface area contributed by atoms with Gasteiger partial charge >= 0.3 is 6.03 Å². The summed E-state index contributed by atoms with van der Waals surface area (Å²) in [5.41, 5.74) is 0.0968. The molecule has 0 aliphatic rings. The van der Waals surface area contributed by atoms with Crippen LogP contribution >= 0.6 is 11.8 Å². The summed E-state index contributed by atoms with van der Waals surface area (Å²) >= 11 is 1.77. The van der Waals surface area contributed by atoms with E-state index < -0.39 is 0 Å². The minimum absolute atomic E-state index is 0.0184. The standard InChI is InChI=1S/C12H26N2O2S/c1-12(2,3)8-10(9-15)14-11(16)13-6-5-7-17-4/h10,15H,5-9H2,1-4H3,(H2,13,14,16). The first kappa shape index (κ1) is 16.6. The van der Waals surface area contributed by atoms with Crippen molar-refractivity contribution in [3.05, 3.63) is 0 Å². The van der Waals surface area contributed by atoms with Crippen molar-refractivity contribution in [1.29, 1.82) is 0 Å². The molecule has 0 aromatic heterocycles. The summed E-state index contributed by atoms with van der Waals surface area (Å²) in [6.45, 7) is 6.94. The topological polar surface area (TPSA) is 61.4 Å². The number of hydrogen-bond donors (Lipinski definition) is 3. The van der Waals surface area contributed by atoms with Crippen molar-refractivity contribution in [2.45, 2.75) is 39.7 Å². The van der Waals surface area contributed by atoms with Gasteiger partial charge in [0.1, 0.15) is 0 Å². The van der Waals surface area contributed by atoms with Crippen LogP contribution in [0.4, 0.5) is 4.79 Å². The van der Waals surface area contributed by atoms with Crippen LogP contribution in [-0.2, 0) is 0 Å². The predicted octanol–water partition coefficient (Wildman–Crippen LogP) is 1.84. The van der Waals surface area contributed by atoms with E-state index in [0.717, 1.165) is 18.6 Å². The van der Waals surface area contributed by atoms with Gasteiger partial charge in [-0.2, -0.15) is 11.8 Å². The summed E-state index contributed by atoms with van der Waals surface area (Å²) in [4.78, 5) is 11.5. The summed E-state index contributed by atoms with van der Waals surface area (Å²) in [5.74, 6) is 1.05. The number of hydrogen-bond acceptors (Lipinski definition) is 3. The maximum Gasteiger partial charge on any atom is 0.315 e. The van der Waals surface area contributed by atoms with Gasteiger partial charge in [0.25, 0.3) is 0 Å². The average Bonchev–Trinajstić information content (AvgIpc) is 2.21. The molecule has 0 aliphatic heterocycles. The summed E-state index contributed by atoms with van der Waals surface area (Å²) < 4.78 is 0. The first-order valence-electron chi connectivity index (χ1n) is 6.03. The fourth-order valence-electron chi connectivity index (χ4n) is 1.56. The van der Waals surface area contributed by atoms with Crippen molar-refractivity contribution >= 4 is 17.8 Å². The summed E-state index contributed by atoms with van der Waals surface area (Å²) in [6, 6.07) is -0.357. The zero-order valence-corrected chi connectivity index (χ0v) is 12.2. The van der Waals surface area contributed by atoms with Crippen molar-refractivity contribution in [2.24, 2.45) is 5.41 Å². The quantitative estimate of drug-likeness (QED) is 0.614. The molecule has 0 radical (unpaired) electrons. The SMILES string of the molecule is CSCCCNC(=O)NC(CO)CC(C)(C)C. The monoisotopic (exact) mass is 262 g/mol. The number of aliphatic hydroxyl groups is 1. The Morgan fingerprint density at radius 2 is 2.06 bits per heavy atom. The van der Waals surface area contributed by atoms with Gasteiger partial charge in [0.15, 0.2) is 0 Å². The van der Waals surface area contributed by atoms with Gasteiger partial charge in [-0.25, -0.2) is 4.79 Å². The molecule has 0 rings (SSSR count). The number of nitrogens with one attached hydrogen (secondary N) is 2. The van der Waals surface area contributed by atoms with Crippen LogP contribution in [0.5, 0.6) is 0 Å². The Balaban J connectivity index is 3.82. The minimum Gasteiger partial charge on any atom is -0.394 e. The highest BCUT2D eigenvalue weighted by Crippen LogP contribution is 2.20. The van der Waals surface area contributed by atoms with Crippen molar-refractivity contribution in [2.75, 3.05) is 25.2 Å². The number of amides is 2. The lowest BCUT2D eigenvalue weighted by Gasteiger charge is -2.25. The number of thioether (sulfide) groups is 1. The number of aliphatic hydroxyl groups excluding tert-OH is 1. The fourth-order valence-corrected chi connectivity index (χ4v) is 1.99. The van der Waals surface area contributed by atoms with E-state index in [0.29, 0.717) is 6.54 Å². The first-order valence-corrected chi connectivity index (χ1v) is 7.42. The van der Waals surface area contributed by atoms with Gasteiger partial charge < -0.3 is 15.7 Å². The normalized spacial score (nSPS) is 13.2. The lowest BCUT2D eigenvalue weighted by Crippen LogP contribution is -2.45. The Morgan fingerprint density at radius 3 is 2.53 bits per heavy atom. The molecule has 102 valence electrons. The van der Waals surface area contributed by atoms with Crippen LogP contribution in [-0.4, -0.2) is 42.3 Å². The van der Waals surface area contributed by atoms with Gasteiger partial charge in [-0.15, -0.1) is 0 Å². The van der Waals surface area contributed by atoms with E-state index in [9.17, 15) is 9.90 Å². The first-order chi connectivity index (χ1) is 7.89. The average molecular weight is 262 g/mol. The predicted molar refractivity (Wildman–Crippen MR) is 74.5 cm³/mol. The van der Waals surface area contributed by atoms with Crippen LogP contribution in [0.3, 0.4) is 0 Å². The molecule has 0 fully saturated rings. The molecule has 17 heavy (non-hydrogen) atoms. The van der Waals surface area contributed by atoms with E-state index in [1.165, 1.54) is 0 Å². The van der Waals surface area contributed by atoms with Crippen LogP contribution < -0.4 is 10.6 Å². The molecule has 0 heterocycles. The molecule has 5 heteroatoms. The van der Waals surface area contributed by atoms with Gasteiger partial charge in [0.05, 0.1) is 12.6 Å². The zero-order valence-electron chi connectivity index (χ0n) is 11.4. The second kappa shape index (κ2) is 8.64. The molecule has 3 N–H and O–H groups in total. The Labute approximate surface area is 109 Å².